The highest BCUT2D eigenvalue weighted by Gasteiger charge is 2.22. The Bertz CT molecular complexity index is 4160. The summed E-state index contributed by atoms with van der Waals surface area (Å²) in [5.41, 5.74) is 12.2. The first-order chi connectivity index (χ1) is 31.7. The molecule has 9 aromatic carbocycles. The van der Waals surface area contributed by atoms with E-state index in [0.29, 0.717) is 17.6 Å². The van der Waals surface area contributed by atoms with Crippen molar-refractivity contribution < 1.29 is 4.42 Å². The van der Waals surface area contributed by atoms with E-state index in [1.54, 1.807) is 0 Å². The quantitative estimate of drug-likeness (QED) is 0.173. The van der Waals surface area contributed by atoms with Crippen molar-refractivity contribution in [3.05, 3.63) is 206 Å². The lowest BCUT2D eigenvalue weighted by atomic mass is 10.1. The maximum absolute atomic E-state index is 6.37. The maximum Gasteiger partial charge on any atom is 0.238 e. The second kappa shape index (κ2) is 13.3. The van der Waals surface area contributed by atoms with Crippen LogP contribution in [0.25, 0.3) is 127 Å². The summed E-state index contributed by atoms with van der Waals surface area (Å²) >= 11 is 0. The molecule has 0 saturated carbocycles. The van der Waals surface area contributed by atoms with Crippen LogP contribution in [0.5, 0.6) is 0 Å². The summed E-state index contributed by atoms with van der Waals surface area (Å²) in [5, 5.41) is 9.29. The SMILES string of the molecule is c1ccc(-n2c3ccccc3c3c4c5ccccc5n(-c5cccc(-c6nc(-c7ccc8c(c7)oc7ccccc78)nc(-n7c8ccccc8c8ccccc87)n6)c5)c4ccc32)cc1. The van der Waals surface area contributed by atoms with Gasteiger partial charge in [0.05, 0.1) is 33.1 Å². The Labute approximate surface area is 365 Å². The summed E-state index contributed by atoms with van der Waals surface area (Å²) in [6.07, 6.45) is 0. The van der Waals surface area contributed by atoms with Crippen molar-refractivity contribution in [3.8, 4) is 40.1 Å². The van der Waals surface area contributed by atoms with E-state index in [1.807, 2.05) is 24.3 Å². The van der Waals surface area contributed by atoms with Gasteiger partial charge in [0.15, 0.2) is 11.6 Å². The van der Waals surface area contributed by atoms with E-state index in [0.717, 1.165) is 77.3 Å². The zero-order valence-electron chi connectivity index (χ0n) is 34.2. The van der Waals surface area contributed by atoms with E-state index in [-0.39, 0.29) is 0 Å². The van der Waals surface area contributed by atoms with Crippen molar-refractivity contribution in [1.82, 2.24) is 28.7 Å². The third-order valence-corrected chi connectivity index (χ3v) is 12.9. The third-order valence-electron chi connectivity index (χ3n) is 12.9. The van der Waals surface area contributed by atoms with Crippen LogP contribution in [0.3, 0.4) is 0 Å². The Balaban J connectivity index is 1.01. The predicted molar refractivity (Wildman–Crippen MR) is 261 cm³/mol. The third kappa shape index (κ3) is 5.00. The Morgan fingerprint density at radius 1 is 0.297 bits per heavy atom. The van der Waals surface area contributed by atoms with E-state index >= 15 is 0 Å². The van der Waals surface area contributed by atoms with E-state index in [4.69, 9.17) is 19.4 Å². The fraction of sp³-hybridized carbons (Fsp3) is 0. The molecule has 0 amide bonds. The molecule has 0 aliphatic heterocycles. The smallest absolute Gasteiger partial charge is 0.238 e. The molecule has 5 heterocycles. The average molecular weight is 819 g/mol. The largest absolute Gasteiger partial charge is 0.456 e. The number of benzene rings is 9. The summed E-state index contributed by atoms with van der Waals surface area (Å²) in [5.74, 6) is 1.67. The van der Waals surface area contributed by atoms with Crippen LogP contribution in [0, 0.1) is 0 Å². The number of hydrogen-bond donors (Lipinski definition) is 0. The van der Waals surface area contributed by atoms with Crippen LogP contribution >= 0.6 is 0 Å². The Morgan fingerprint density at radius 3 is 1.42 bits per heavy atom. The number of furan rings is 1. The van der Waals surface area contributed by atoms with Crippen LogP contribution in [0.1, 0.15) is 0 Å². The topological polar surface area (TPSA) is 66.6 Å². The minimum absolute atomic E-state index is 0.543. The molecule has 0 unspecified atom stereocenters. The van der Waals surface area contributed by atoms with Gasteiger partial charge in [0.25, 0.3) is 0 Å². The van der Waals surface area contributed by atoms with Gasteiger partial charge in [0, 0.05) is 65.6 Å². The molecule has 0 bridgehead atoms. The summed E-state index contributed by atoms with van der Waals surface area (Å²) in [4.78, 5) is 15.9. The van der Waals surface area contributed by atoms with Crippen molar-refractivity contribution in [3.63, 3.8) is 0 Å². The number of nitrogens with zero attached hydrogens (tertiary/aromatic N) is 6. The fourth-order valence-corrected chi connectivity index (χ4v) is 10.2. The van der Waals surface area contributed by atoms with Crippen LogP contribution in [0.4, 0.5) is 0 Å². The number of fused-ring (bicyclic) bond motifs is 13. The Kier molecular flexibility index (Phi) is 7.27. The van der Waals surface area contributed by atoms with Crippen LogP contribution < -0.4 is 0 Å². The van der Waals surface area contributed by atoms with Gasteiger partial charge in [0.2, 0.25) is 5.95 Å². The fourth-order valence-electron chi connectivity index (χ4n) is 10.2. The van der Waals surface area contributed by atoms with Crippen molar-refractivity contribution >= 4 is 87.4 Å². The first kappa shape index (κ1) is 34.9. The molecule has 0 aliphatic rings. The summed E-state index contributed by atoms with van der Waals surface area (Å²) in [6, 6.07) is 72.6. The van der Waals surface area contributed by atoms with Crippen molar-refractivity contribution in [2.45, 2.75) is 0 Å². The van der Waals surface area contributed by atoms with Gasteiger partial charge in [-0.25, -0.2) is 4.98 Å². The second-order valence-corrected chi connectivity index (χ2v) is 16.4. The predicted octanol–water partition coefficient (Wildman–Crippen LogP) is 14.4. The van der Waals surface area contributed by atoms with Crippen molar-refractivity contribution in [2.75, 3.05) is 0 Å². The average Bonchev–Trinajstić information content (AvgIpc) is 4.10. The standard InChI is InChI=1S/C57H34N6O/c1-2-16-37(17-3-1)61-47-26-11-6-22-43(47)53-49(61)31-32-50-54(53)44-23-7-12-27-48(44)62(50)38-18-14-15-35(33-38)55-58-56(36-29-30-42-41-21-8-13-28-51(41)64-52(42)34-36)60-57(59-55)63-45-24-9-4-19-39(45)40-20-5-10-25-46(40)63/h1-34H. The zero-order valence-corrected chi connectivity index (χ0v) is 34.2. The Morgan fingerprint density at radius 2 is 0.781 bits per heavy atom. The van der Waals surface area contributed by atoms with Crippen LogP contribution in [-0.4, -0.2) is 28.7 Å². The lowest BCUT2D eigenvalue weighted by Gasteiger charge is -2.13. The maximum atomic E-state index is 6.37. The molecular formula is C57H34N6O. The highest BCUT2D eigenvalue weighted by Crippen LogP contribution is 2.43. The van der Waals surface area contributed by atoms with Crippen LogP contribution in [0.15, 0.2) is 211 Å². The van der Waals surface area contributed by atoms with Gasteiger partial charge < -0.3 is 13.6 Å². The van der Waals surface area contributed by atoms with E-state index in [9.17, 15) is 0 Å². The lowest BCUT2D eigenvalue weighted by Crippen LogP contribution is -2.06. The summed E-state index contributed by atoms with van der Waals surface area (Å²) in [7, 11) is 0. The van der Waals surface area contributed by atoms with Crippen molar-refractivity contribution in [1.29, 1.82) is 0 Å². The summed E-state index contributed by atoms with van der Waals surface area (Å²) < 4.78 is 13.3. The Hall–Kier alpha value is -8.81. The number of rotatable bonds is 5. The first-order valence-corrected chi connectivity index (χ1v) is 21.5. The van der Waals surface area contributed by atoms with Gasteiger partial charge in [-0.05, 0) is 78.9 Å². The molecule has 7 nitrogen and oxygen atoms in total. The van der Waals surface area contributed by atoms with Crippen molar-refractivity contribution in [2.24, 2.45) is 0 Å². The van der Waals surface area contributed by atoms with E-state index in [1.165, 1.54) is 32.6 Å². The van der Waals surface area contributed by atoms with Crippen LogP contribution in [0.2, 0.25) is 0 Å². The molecule has 0 saturated heterocycles. The van der Waals surface area contributed by atoms with Gasteiger partial charge >= 0.3 is 0 Å². The molecule has 0 radical (unpaired) electrons. The lowest BCUT2D eigenvalue weighted by molar-refractivity contribution is 0.669. The zero-order chi connectivity index (χ0) is 41.9. The molecule has 7 heteroatoms. The number of para-hydroxylation sites is 6. The molecule has 5 aromatic heterocycles. The van der Waals surface area contributed by atoms with Gasteiger partial charge in [-0.3, -0.25) is 4.57 Å². The molecule has 0 aliphatic carbocycles. The minimum atomic E-state index is 0.543. The number of aromatic nitrogens is 6. The number of hydrogen-bond acceptors (Lipinski definition) is 4. The highest BCUT2D eigenvalue weighted by molar-refractivity contribution is 6.29. The molecule has 0 fully saturated rings. The van der Waals surface area contributed by atoms with Gasteiger partial charge in [-0.15, -0.1) is 0 Å². The molecule has 0 spiro atoms. The van der Waals surface area contributed by atoms with Crippen LogP contribution in [-0.2, 0) is 0 Å². The van der Waals surface area contributed by atoms with Gasteiger partial charge in [0.1, 0.15) is 11.2 Å². The molecular weight excluding hydrogens is 785 g/mol. The molecule has 14 aromatic rings. The highest BCUT2D eigenvalue weighted by atomic mass is 16.3. The first-order valence-electron chi connectivity index (χ1n) is 21.5. The monoisotopic (exact) mass is 818 g/mol. The van der Waals surface area contributed by atoms with Gasteiger partial charge in [-0.2, -0.15) is 9.97 Å². The van der Waals surface area contributed by atoms with E-state index < -0.39 is 0 Å². The molecule has 64 heavy (non-hydrogen) atoms. The molecule has 0 N–H and O–H groups in total. The minimum Gasteiger partial charge on any atom is -0.456 e. The molecule has 0 atom stereocenters. The normalized spacial score (nSPS) is 12.1. The molecule has 298 valence electrons. The van der Waals surface area contributed by atoms with E-state index in [2.05, 4.69) is 196 Å². The van der Waals surface area contributed by atoms with Gasteiger partial charge in [-0.1, -0.05) is 127 Å². The summed E-state index contributed by atoms with van der Waals surface area (Å²) in [6.45, 7) is 0. The molecule has 14 rings (SSSR count). The second-order valence-electron chi connectivity index (χ2n) is 16.4.